The van der Waals surface area contributed by atoms with Crippen LogP contribution in [0.4, 0.5) is 5.69 Å². The summed E-state index contributed by atoms with van der Waals surface area (Å²) in [6, 6.07) is 17.6. The lowest BCUT2D eigenvalue weighted by atomic mass is 9.98. The van der Waals surface area contributed by atoms with Crippen LogP contribution < -0.4 is 9.64 Å². The summed E-state index contributed by atoms with van der Waals surface area (Å²) in [4.78, 5) is 28.9. The molecule has 0 saturated carbocycles. The highest BCUT2D eigenvalue weighted by Gasteiger charge is 2.37. The van der Waals surface area contributed by atoms with Crippen LogP contribution in [0.25, 0.3) is 5.57 Å². The van der Waals surface area contributed by atoms with Gasteiger partial charge in [-0.15, -0.1) is 0 Å². The maximum Gasteiger partial charge on any atom is 0.228 e. The van der Waals surface area contributed by atoms with Crippen molar-refractivity contribution in [2.24, 2.45) is 5.92 Å². The van der Waals surface area contributed by atoms with Crippen LogP contribution in [0, 0.1) is 5.92 Å². The van der Waals surface area contributed by atoms with E-state index < -0.39 is 0 Å². The molecule has 0 N–H and O–H groups in total. The first-order valence-corrected chi connectivity index (χ1v) is 9.63. The van der Waals surface area contributed by atoms with Gasteiger partial charge in [0.1, 0.15) is 5.75 Å². The molecule has 0 spiro atoms. The summed E-state index contributed by atoms with van der Waals surface area (Å²) < 4.78 is 5.21. The monoisotopic (exact) mass is 376 g/mol. The number of anilines is 1. The van der Waals surface area contributed by atoms with E-state index in [1.165, 1.54) is 11.1 Å². The number of carbonyl (C=O) groups is 2. The molecular weight excluding hydrogens is 352 g/mol. The molecule has 5 heteroatoms. The molecule has 0 bridgehead atoms. The zero-order valence-corrected chi connectivity index (χ0v) is 16.0. The molecule has 0 radical (unpaired) electrons. The normalized spacial score (nSPS) is 19.5. The molecule has 2 heterocycles. The van der Waals surface area contributed by atoms with E-state index in [0.29, 0.717) is 26.1 Å². The van der Waals surface area contributed by atoms with Crippen molar-refractivity contribution in [2.45, 2.75) is 12.8 Å². The van der Waals surface area contributed by atoms with E-state index in [1.807, 2.05) is 47.4 Å². The molecule has 2 aliphatic heterocycles. The molecule has 1 atom stereocenters. The third kappa shape index (κ3) is 3.65. The molecule has 0 aromatic heterocycles. The van der Waals surface area contributed by atoms with Gasteiger partial charge in [0, 0.05) is 31.7 Å². The van der Waals surface area contributed by atoms with Gasteiger partial charge >= 0.3 is 0 Å². The van der Waals surface area contributed by atoms with Gasteiger partial charge in [-0.2, -0.15) is 0 Å². The standard InChI is InChI=1S/C23H24N2O3/c1-28-21-9-7-17(8-10-21)18-11-13-24(14-12-18)23(27)19-15-22(26)25(16-19)20-5-3-2-4-6-20/h2-11,19H,12-16H2,1H3. The molecule has 2 amide bonds. The second-order valence-electron chi connectivity index (χ2n) is 7.23. The fourth-order valence-corrected chi connectivity index (χ4v) is 3.93. The Morgan fingerprint density at radius 2 is 1.82 bits per heavy atom. The highest BCUT2D eigenvalue weighted by Crippen LogP contribution is 2.29. The number of rotatable bonds is 4. The second kappa shape index (κ2) is 7.89. The van der Waals surface area contributed by atoms with Crippen molar-refractivity contribution in [3.8, 4) is 5.75 Å². The summed E-state index contributed by atoms with van der Waals surface area (Å²) in [7, 11) is 1.66. The highest BCUT2D eigenvalue weighted by molar-refractivity contribution is 6.00. The van der Waals surface area contributed by atoms with Gasteiger partial charge in [-0.05, 0) is 41.8 Å². The quantitative estimate of drug-likeness (QED) is 0.822. The largest absolute Gasteiger partial charge is 0.497 e. The summed E-state index contributed by atoms with van der Waals surface area (Å²) in [6.07, 6.45) is 3.23. The van der Waals surface area contributed by atoms with Crippen LogP contribution in [0.5, 0.6) is 5.75 Å². The van der Waals surface area contributed by atoms with Crippen LogP contribution in [-0.2, 0) is 9.59 Å². The minimum absolute atomic E-state index is 0.0241. The van der Waals surface area contributed by atoms with Gasteiger partial charge in [0.05, 0.1) is 13.0 Å². The maximum atomic E-state index is 13.0. The van der Waals surface area contributed by atoms with Crippen LogP contribution in [-0.4, -0.2) is 43.5 Å². The van der Waals surface area contributed by atoms with Crippen molar-refractivity contribution in [1.82, 2.24) is 4.90 Å². The zero-order valence-electron chi connectivity index (χ0n) is 16.0. The van der Waals surface area contributed by atoms with Crippen LogP contribution in [0.3, 0.4) is 0 Å². The summed E-state index contributed by atoms with van der Waals surface area (Å²) in [5, 5.41) is 0. The van der Waals surface area contributed by atoms with Gasteiger partial charge in [-0.1, -0.05) is 36.4 Å². The molecule has 144 valence electrons. The lowest BCUT2D eigenvalue weighted by molar-refractivity contribution is -0.135. The molecule has 2 aliphatic rings. The van der Waals surface area contributed by atoms with Crippen molar-refractivity contribution in [3.63, 3.8) is 0 Å². The first-order chi connectivity index (χ1) is 13.7. The molecular formula is C23H24N2O3. The SMILES string of the molecule is COc1ccc(C2=CCN(C(=O)C3CC(=O)N(c4ccccc4)C3)CC2)cc1. The number of amides is 2. The first-order valence-electron chi connectivity index (χ1n) is 9.63. The fraction of sp³-hybridized carbons (Fsp3) is 0.304. The van der Waals surface area contributed by atoms with E-state index in [1.54, 1.807) is 12.0 Å². The summed E-state index contributed by atoms with van der Waals surface area (Å²) in [6.45, 7) is 1.75. The van der Waals surface area contributed by atoms with E-state index in [9.17, 15) is 9.59 Å². The van der Waals surface area contributed by atoms with Gasteiger partial charge in [-0.25, -0.2) is 0 Å². The zero-order chi connectivity index (χ0) is 19.5. The van der Waals surface area contributed by atoms with E-state index >= 15 is 0 Å². The topological polar surface area (TPSA) is 49.9 Å². The Bertz CT molecular complexity index is 890. The maximum absolute atomic E-state index is 13.0. The first kappa shape index (κ1) is 18.3. The van der Waals surface area contributed by atoms with Gasteiger partial charge in [0.25, 0.3) is 0 Å². The smallest absolute Gasteiger partial charge is 0.228 e. The van der Waals surface area contributed by atoms with Gasteiger partial charge in [-0.3, -0.25) is 9.59 Å². The van der Waals surface area contributed by atoms with Gasteiger partial charge in [0.2, 0.25) is 11.8 Å². The number of hydrogen-bond donors (Lipinski definition) is 0. The minimum Gasteiger partial charge on any atom is -0.497 e. The van der Waals surface area contributed by atoms with Crippen molar-refractivity contribution < 1.29 is 14.3 Å². The highest BCUT2D eigenvalue weighted by atomic mass is 16.5. The Labute approximate surface area is 165 Å². The van der Waals surface area contributed by atoms with E-state index in [4.69, 9.17) is 4.74 Å². The second-order valence-corrected chi connectivity index (χ2v) is 7.23. The Balaban J connectivity index is 1.40. The molecule has 5 nitrogen and oxygen atoms in total. The average molecular weight is 376 g/mol. The third-order valence-corrected chi connectivity index (χ3v) is 5.52. The number of nitrogens with zero attached hydrogens (tertiary/aromatic N) is 2. The molecule has 2 aromatic carbocycles. The van der Waals surface area contributed by atoms with Crippen molar-refractivity contribution >= 4 is 23.1 Å². The van der Waals surface area contributed by atoms with Crippen molar-refractivity contribution in [3.05, 3.63) is 66.2 Å². The third-order valence-electron chi connectivity index (χ3n) is 5.52. The molecule has 4 rings (SSSR count). The van der Waals surface area contributed by atoms with E-state index in [-0.39, 0.29) is 17.7 Å². The summed E-state index contributed by atoms with van der Waals surface area (Å²) in [5.74, 6) is 0.683. The van der Waals surface area contributed by atoms with Gasteiger partial charge < -0.3 is 14.5 Å². The van der Waals surface area contributed by atoms with Crippen LogP contribution >= 0.6 is 0 Å². The fourth-order valence-electron chi connectivity index (χ4n) is 3.93. The Hall–Kier alpha value is -3.08. The van der Waals surface area contributed by atoms with Crippen molar-refractivity contribution in [2.75, 3.05) is 31.6 Å². The lowest BCUT2D eigenvalue weighted by Crippen LogP contribution is -2.39. The number of benzene rings is 2. The number of hydrogen-bond acceptors (Lipinski definition) is 3. The summed E-state index contributed by atoms with van der Waals surface area (Å²) >= 11 is 0. The lowest BCUT2D eigenvalue weighted by Gasteiger charge is -2.29. The molecule has 2 aromatic rings. The number of methoxy groups -OCH3 is 1. The Kier molecular flexibility index (Phi) is 5.15. The summed E-state index contributed by atoms with van der Waals surface area (Å²) in [5.41, 5.74) is 3.28. The Morgan fingerprint density at radius 1 is 1.07 bits per heavy atom. The van der Waals surface area contributed by atoms with Gasteiger partial charge in [0.15, 0.2) is 0 Å². The molecule has 1 fully saturated rings. The molecule has 1 unspecified atom stereocenters. The van der Waals surface area contributed by atoms with Crippen molar-refractivity contribution in [1.29, 1.82) is 0 Å². The average Bonchev–Trinajstić information content (AvgIpc) is 3.15. The van der Waals surface area contributed by atoms with E-state index in [0.717, 1.165) is 17.9 Å². The molecule has 28 heavy (non-hydrogen) atoms. The predicted octanol–water partition coefficient (Wildman–Crippen LogP) is 3.36. The predicted molar refractivity (Wildman–Crippen MR) is 109 cm³/mol. The van der Waals surface area contributed by atoms with Crippen LogP contribution in [0.2, 0.25) is 0 Å². The minimum atomic E-state index is -0.261. The Morgan fingerprint density at radius 3 is 2.46 bits per heavy atom. The van der Waals surface area contributed by atoms with Crippen LogP contribution in [0.15, 0.2) is 60.7 Å². The molecule has 1 saturated heterocycles. The number of carbonyl (C=O) groups excluding carboxylic acids is 2. The van der Waals surface area contributed by atoms with E-state index in [2.05, 4.69) is 18.2 Å². The van der Waals surface area contributed by atoms with Crippen LogP contribution in [0.1, 0.15) is 18.4 Å². The number of para-hydroxylation sites is 1. The molecule has 0 aliphatic carbocycles. The number of ether oxygens (including phenoxy) is 1.